The Morgan fingerprint density at radius 1 is 1.10 bits per heavy atom. The maximum atomic E-state index is 13.2. The lowest BCUT2D eigenvalue weighted by Gasteiger charge is -2.30. The molecule has 0 bridgehead atoms. The van der Waals surface area contributed by atoms with Crippen molar-refractivity contribution >= 4 is 11.2 Å². The zero-order chi connectivity index (χ0) is 20.8. The first-order valence-electron chi connectivity index (χ1n) is 9.80. The summed E-state index contributed by atoms with van der Waals surface area (Å²) in [4.78, 5) is 22.1. The van der Waals surface area contributed by atoms with Gasteiger partial charge in [0, 0.05) is 13.5 Å². The van der Waals surface area contributed by atoms with Crippen LogP contribution in [0.25, 0.3) is 16.9 Å². The summed E-state index contributed by atoms with van der Waals surface area (Å²) < 4.78 is 42.2. The van der Waals surface area contributed by atoms with Crippen LogP contribution in [0.3, 0.4) is 0 Å². The number of halogens is 3. The SMILES string of the molecule is Cc1ccc(-n2c(CC3CCC(C(F)(F)F)CC3)nc3c(ncn3C)c2=O)cc1. The monoisotopic (exact) mass is 404 g/mol. The van der Waals surface area contributed by atoms with Crippen LogP contribution >= 0.6 is 0 Å². The minimum atomic E-state index is -4.12. The van der Waals surface area contributed by atoms with Gasteiger partial charge in [0.2, 0.25) is 0 Å². The molecule has 0 unspecified atom stereocenters. The first kappa shape index (κ1) is 19.7. The van der Waals surface area contributed by atoms with Crippen molar-refractivity contribution in [1.82, 2.24) is 19.1 Å². The van der Waals surface area contributed by atoms with E-state index in [9.17, 15) is 18.0 Å². The predicted octanol–water partition coefficient (Wildman–Crippen LogP) is 4.34. The number of hydrogen-bond donors (Lipinski definition) is 0. The second kappa shape index (κ2) is 7.31. The number of imidazole rings is 1. The van der Waals surface area contributed by atoms with E-state index in [0.29, 0.717) is 36.4 Å². The first-order chi connectivity index (χ1) is 13.7. The Morgan fingerprint density at radius 3 is 2.38 bits per heavy atom. The van der Waals surface area contributed by atoms with Gasteiger partial charge in [-0.25, -0.2) is 9.97 Å². The van der Waals surface area contributed by atoms with Gasteiger partial charge in [0.15, 0.2) is 11.2 Å². The highest BCUT2D eigenvalue weighted by Crippen LogP contribution is 2.40. The van der Waals surface area contributed by atoms with Gasteiger partial charge in [-0.15, -0.1) is 0 Å². The fourth-order valence-electron chi connectivity index (χ4n) is 4.15. The molecule has 8 heteroatoms. The molecule has 5 nitrogen and oxygen atoms in total. The summed E-state index contributed by atoms with van der Waals surface area (Å²) in [5, 5.41) is 0. The van der Waals surface area contributed by atoms with Crippen LogP contribution < -0.4 is 5.56 Å². The molecule has 3 aromatic rings. The van der Waals surface area contributed by atoms with Crippen molar-refractivity contribution in [2.24, 2.45) is 18.9 Å². The molecule has 0 atom stereocenters. The van der Waals surface area contributed by atoms with Crippen molar-refractivity contribution in [2.45, 2.75) is 45.2 Å². The van der Waals surface area contributed by atoms with Crippen molar-refractivity contribution < 1.29 is 13.2 Å². The Kier molecular flexibility index (Phi) is 4.96. The van der Waals surface area contributed by atoms with Crippen molar-refractivity contribution in [3.8, 4) is 5.69 Å². The Bertz CT molecular complexity index is 1070. The number of aryl methyl sites for hydroxylation is 2. The highest BCUT2D eigenvalue weighted by molar-refractivity contribution is 5.70. The standard InChI is InChI=1S/C21H23F3N4O/c1-13-3-9-16(10-4-13)28-17(26-19-18(20(28)29)25-12-27(19)2)11-14-5-7-15(8-6-14)21(22,23)24/h3-4,9-10,12,14-15H,5-8,11H2,1-2H3. The van der Waals surface area contributed by atoms with E-state index in [-0.39, 0.29) is 29.8 Å². The van der Waals surface area contributed by atoms with E-state index in [1.165, 1.54) is 0 Å². The van der Waals surface area contributed by atoms with E-state index in [0.717, 1.165) is 5.56 Å². The van der Waals surface area contributed by atoms with Gasteiger partial charge in [-0.1, -0.05) is 17.7 Å². The molecular formula is C21H23F3N4O. The molecule has 29 heavy (non-hydrogen) atoms. The number of fused-ring (bicyclic) bond motifs is 1. The summed E-state index contributed by atoms with van der Waals surface area (Å²) in [5.41, 5.74) is 2.30. The van der Waals surface area contributed by atoms with Crippen molar-refractivity contribution in [1.29, 1.82) is 0 Å². The third-order valence-electron chi connectivity index (χ3n) is 5.88. The number of rotatable bonds is 3. The van der Waals surface area contributed by atoms with E-state index in [1.807, 2.05) is 31.2 Å². The quantitative estimate of drug-likeness (QED) is 0.653. The summed E-state index contributed by atoms with van der Waals surface area (Å²) in [5.74, 6) is -0.571. The van der Waals surface area contributed by atoms with Gasteiger partial charge in [-0.3, -0.25) is 9.36 Å². The lowest BCUT2D eigenvalue weighted by atomic mass is 9.80. The highest BCUT2D eigenvalue weighted by atomic mass is 19.4. The Hall–Kier alpha value is -2.64. The molecule has 1 aromatic carbocycles. The van der Waals surface area contributed by atoms with Crippen LogP contribution in [-0.4, -0.2) is 25.3 Å². The average Bonchev–Trinajstić information content (AvgIpc) is 3.04. The second-order valence-electron chi connectivity index (χ2n) is 8.00. The molecule has 1 saturated carbocycles. The van der Waals surface area contributed by atoms with Crippen molar-refractivity contribution in [3.05, 3.63) is 52.3 Å². The summed E-state index contributed by atoms with van der Waals surface area (Å²) in [6.45, 7) is 1.97. The molecule has 1 aliphatic carbocycles. The maximum Gasteiger partial charge on any atom is 0.391 e. The van der Waals surface area contributed by atoms with Crippen LogP contribution in [0.5, 0.6) is 0 Å². The van der Waals surface area contributed by atoms with E-state index in [2.05, 4.69) is 4.98 Å². The van der Waals surface area contributed by atoms with Crippen LogP contribution in [0.15, 0.2) is 35.4 Å². The van der Waals surface area contributed by atoms with Crippen LogP contribution in [0.1, 0.15) is 37.1 Å². The van der Waals surface area contributed by atoms with E-state index < -0.39 is 12.1 Å². The van der Waals surface area contributed by atoms with Crippen molar-refractivity contribution in [2.75, 3.05) is 0 Å². The molecule has 0 amide bonds. The van der Waals surface area contributed by atoms with Gasteiger partial charge in [0.25, 0.3) is 5.56 Å². The summed E-state index contributed by atoms with van der Waals surface area (Å²) in [6.07, 6.45) is -0.866. The average molecular weight is 404 g/mol. The normalized spacial score (nSPS) is 20.3. The molecule has 0 spiro atoms. The van der Waals surface area contributed by atoms with E-state index in [1.54, 1.807) is 22.5 Å². The second-order valence-corrected chi connectivity index (χ2v) is 8.00. The molecule has 2 aromatic heterocycles. The summed E-state index contributed by atoms with van der Waals surface area (Å²) >= 11 is 0. The molecule has 0 N–H and O–H groups in total. The molecule has 4 rings (SSSR count). The summed E-state index contributed by atoms with van der Waals surface area (Å²) in [6, 6.07) is 7.56. The van der Waals surface area contributed by atoms with Crippen LogP contribution in [-0.2, 0) is 13.5 Å². The van der Waals surface area contributed by atoms with Gasteiger partial charge < -0.3 is 4.57 Å². The number of hydrogen-bond acceptors (Lipinski definition) is 3. The molecule has 154 valence electrons. The minimum absolute atomic E-state index is 0.0721. The first-order valence-corrected chi connectivity index (χ1v) is 9.80. The Morgan fingerprint density at radius 2 is 1.76 bits per heavy atom. The smallest absolute Gasteiger partial charge is 0.318 e. The number of alkyl halides is 3. The fraction of sp³-hybridized carbons (Fsp3) is 0.476. The number of aromatic nitrogens is 4. The Balaban J connectivity index is 1.71. The molecule has 0 aliphatic heterocycles. The molecular weight excluding hydrogens is 381 g/mol. The van der Waals surface area contributed by atoms with Crippen molar-refractivity contribution in [3.63, 3.8) is 0 Å². The van der Waals surface area contributed by atoms with Crippen LogP contribution in [0.2, 0.25) is 0 Å². The predicted molar refractivity (Wildman–Crippen MR) is 104 cm³/mol. The minimum Gasteiger partial charge on any atom is -0.318 e. The van der Waals surface area contributed by atoms with E-state index in [4.69, 9.17) is 4.98 Å². The molecule has 0 saturated heterocycles. The molecule has 0 radical (unpaired) electrons. The highest BCUT2D eigenvalue weighted by Gasteiger charge is 2.41. The number of benzene rings is 1. The molecule has 1 aliphatic rings. The molecule has 2 heterocycles. The van der Waals surface area contributed by atoms with Gasteiger partial charge in [-0.05, 0) is 50.7 Å². The lowest BCUT2D eigenvalue weighted by molar-refractivity contribution is -0.183. The third kappa shape index (κ3) is 3.80. The van der Waals surface area contributed by atoms with Crippen LogP contribution in [0, 0.1) is 18.8 Å². The van der Waals surface area contributed by atoms with Gasteiger partial charge in [0.1, 0.15) is 5.82 Å². The third-order valence-corrected chi connectivity index (χ3v) is 5.88. The lowest BCUT2D eigenvalue weighted by Crippen LogP contribution is -2.30. The Labute approximate surface area is 166 Å². The van der Waals surface area contributed by atoms with Gasteiger partial charge in [0.05, 0.1) is 17.9 Å². The maximum absolute atomic E-state index is 13.2. The fourth-order valence-corrected chi connectivity index (χ4v) is 4.15. The topological polar surface area (TPSA) is 52.7 Å². The van der Waals surface area contributed by atoms with E-state index >= 15 is 0 Å². The number of nitrogens with zero attached hydrogens (tertiary/aromatic N) is 4. The zero-order valence-electron chi connectivity index (χ0n) is 16.4. The largest absolute Gasteiger partial charge is 0.391 e. The molecule has 1 fully saturated rings. The zero-order valence-corrected chi connectivity index (χ0v) is 16.4. The van der Waals surface area contributed by atoms with Crippen LogP contribution in [0.4, 0.5) is 13.2 Å². The summed E-state index contributed by atoms with van der Waals surface area (Å²) in [7, 11) is 1.77. The van der Waals surface area contributed by atoms with Gasteiger partial charge in [-0.2, -0.15) is 13.2 Å². The van der Waals surface area contributed by atoms with Gasteiger partial charge >= 0.3 is 6.18 Å².